The lowest BCUT2D eigenvalue weighted by atomic mass is 9.89. The lowest BCUT2D eigenvalue weighted by Gasteiger charge is -2.39. The quantitative estimate of drug-likeness (QED) is 0.727. The summed E-state index contributed by atoms with van der Waals surface area (Å²) in [5, 5.41) is 3.07. The van der Waals surface area contributed by atoms with E-state index < -0.39 is 21.7 Å². The molecular weight excluding hydrogens is 412 g/mol. The second-order valence-electron chi connectivity index (χ2n) is 8.92. The Kier molecular flexibility index (Phi) is 6.37. The molecule has 1 amide bonds. The summed E-state index contributed by atoms with van der Waals surface area (Å²) in [7, 11) is -3.66. The molecule has 2 atom stereocenters. The van der Waals surface area contributed by atoms with E-state index in [2.05, 4.69) is 5.32 Å². The van der Waals surface area contributed by atoms with E-state index in [9.17, 15) is 13.2 Å². The number of carbonyl (C=O) groups is 1. The summed E-state index contributed by atoms with van der Waals surface area (Å²) >= 11 is 0. The summed E-state index contributed by atoms with van der Waals surface area (Å²) in [5.74, 6) is 0.406. The van der Waals surface area contributed by atoms with Crippen LogP contribution in [0.15, 0.2) is 42.5 Å². The van der Waals surface area contributed by atoms with Gasteiger partial charge in [-0.05, 0) is 63.4 Å². The zero-order chi connectivity index (χ0) is 23.0. The Morgan fingerprint density at radius 3 is 2.45 bits per heavy atom. The fourth-order valence-electron chi connectivity index (χ4n) is 4.07. The van der Waals surface area contributed by atoms with Crippen molar-refractivity contribution in [2.24, 2.45) is 0 Å². The number of carbonyl (C=O) groups excluding carboxylic acids is 1. The van der Waals surface area contributed by atoms with Crippen molar-refractivity contribution < 1.29 is 17.9 Å². The first-order chi connectivity index (χ1) is 14.4. The van der Waals surface area contributed by atoms with Gasteiger partial charge in [-0.2, -0.15) is 0 Å². The third-order valence-electron chi connectivity index (χ3n) is 5.63. The van der Waals surface area contributed by atoms with Crippen LogP contribution < -0.4 is 14.4 Å². The Labute approximate surface area is 185 Å². The van der Waals surface area contributed by atoms with Gasteiger partial charge in [0.2, 0.25) is 15.9 Å². The number of amides is 1. The third-order valence-corrected chi connectivity index (χ3v) is 6.87. The van der Waals surface area contributed by atoms with Crippen molar-refractivity contribution in [2.45, 2.75) is 65.1 Å². The maximum Gasteiger partial charge on any atom is 0.244 e. The van der Waals surface area contributed by atoms with Crippen molar-refractivity contribution in [1.82, 2.24) is 5.32 Å². The minimum Gasteiger partial charge on any atom is -0.487 e. The standard InChI is InChI=1S/C24H32N2O4S/c1-7-18-9-11-19(12-10-18)26(31(6,28)29)17(3)23(27)25-21-15-24(4,5)30-22-14-16(2)8-13-20(21)22/h8-14,17,21H,7,15H2,1-6H3,(H,25,27)/t17-,21-/m0/s1. The van der Waals surface area contributed by atoms with E-state index in [0.29, 0.717) is 12.1 Å². The predicted octanol–water partition coefficient (Wildman–Crippen LogP) is 4.13. The Hall–Kier alpha value is -2.54. The number of hydrogen-bond donors (Lipinski definition) is 1. The normalized spacial score (nSPS) is 18.5. The van der Waals surface area contributed by atoms with E-state index in [0.717, 1.165) is 35.1 Å². The lowest BCUT2D eigenvalue weighted by Crippen LogP contribution is -2.50. The number of ether oxygens (including phenoxy) is 1. The molecule has 31 heavy (non-hydrogen) atoms. The molecule has 3 rings (SSSR count). The monoisotopic (exact) mass is 444 g/mol. The van der Waals surface area contributed by atoms with Gasteiger partial charge in [-0.15, -0.1) is 0 Å². The first-order valence-corrected chi connectivity index (χ1v) is 12.4. The molecule has 0 saturated heterocycles. The molecule has 2 aromatic rings. The van der Waals surface area contributed by atoms with E-state index in [1.54, 1.807) is 19.1 Å². The van der Waals surface area contributed by atoms with Crippen molar-refractivity contribution in [2.75, 3.05) is 10.6 Å². The molecule has 0 radical (unpaired) electrons. The van der Waals surface area contributed by atoms with Gasteiger partial charge in [-0.25, -0.2) is 8.42 Å². The first-order valence-electron chi connectivity index (χ1n) is 10.6. The average molecular weight is 445 g/mol. The highest BCUT2D eigenvalue weighted by Crippen LogP contribution is 2.40. The Balaban J connectivity index is 1.89. The van der Waals surface area contributed by atoms with Crippen LogP contribution in [-0.4, -0.2) is 32.2 Å². The van der Waals surface area contributed by atoms with Gasteiger partial charge in [0, 0.05) is 12.0 Å². The fraction of sp³-hybridized carbons (Fsp3) is 0.458. The van der Waals surface area contributed by atoms with Crippen molar-refractivity contribution in [3.05, 3.63) is 59.2 Å². The molecule has 1 aliphatic heterocycles. The number of rotatable bonds is 6. The Bertz CT molecular complexity index is 1060. The summed E-state index contributed by atoms with van der Waals surface area (Å²) < 4.78 is 32.5. The summed E-state index contributed by atoms with van der Waals surface area (Å²) in [6.45, 7) is 9.62. The highest BCUT2D eigenvalue weighted by molar-refractivity contribution is 7.92. The molecule has 0 saturated carbocycles. The summed E-state index contributed by atoms with van der Waals surface area (Å²) in [6.07, 6.45) is 2.57. The van der Waals surface area contributed by atoms with Crippen LogP contribution in [0, 0.1) is 6.92 Å². The van der Waals surface area contributed by atoms with Gasteiger partial charge in [-0.1, -0.05) is 31.2 Å². The zero-order valence-corrected chi connectivity index (χ0v) is 19.9. The van der Waals surface area contributed by atoms with Crippen molar-refractivity contribution in [1.29, 1.82) is 0 Å². The van der Waals surface area contributed by atoms with Crippen LogP contribution in [0.1, 0.15) is 56.8 Å². The zero-order valence-electron chi connectivity index (χ0n) is 19.1. The summed E-state index contributed by atoms with van der Waals surface area (Å²) in [5.41, 5.74) is 3.11. The molecule has 0 unspecified atom stereocenters. The number of sulfonamides is 1. The van der Waals surface area contributed by atoms with Gasteiger partial charge in [0.1, 0.15) is 17.4 Å². The highest BCUT2D eigenvalue weighted by atomic mass is 32.2. The molecule has 1 heterocycles. The minimum absolute atomic E-state index is 0.266. The molecule has 1 N–H and O–H groups in total. The fourth-order valence-corrected chi connectivity index (χ4v) is 5.24. The van der Waals surface area contributed by atoms with Gasteiger partial charge in [0.15, 0.2) is 0 Å². The summed E-state index contributed by atoms with van der Waals surface area (Å²) in [4.78, 5) is 13.2. The molecule has 2 aromatic carbocycles. The molecule has 0 aliphatic carbocycles. The molecule has 7 heteroatoms. The molecule has 0 fully saturated rings. The van der Waals surface area contributed by atoms with Gasteiger partial charge in [0.05, 0.1) is 18.0 Å². The van der Waals surface area contributed by atoms with E-state index in [-0.39, 0.29) is 11.9 Å². The van der Waals surface area contributed by atoms with E-state index in [4.69, 9.17) is 4.74 Å². The molecule has 6 nitrogen and oxygen atoms in total. The Morgan fingerprint density at radius 1 is 1.23 bits per heavy atom. The minimum atomic E-state index is -3.66. The molecular formula is C24H32N2O4S. The van der Waals surface area contributed by atoms with Crippen LogP contribution in [0.3, 0.4) is 0 Å². The average Bonchev–Trinajstić information content (AvgIpc) is 2.66. The van der Waals surface area contributed by atoms with Crippen LogP contribution in [0.5, 0.6) is 5.75 Å². The van der Waals surface area contributed by atoms with Gasteiger partial charge in [0.25, 0.3) is 0 Å². The highest BCUT2D eigenvalue weighted by Gasteiger charge is 2.37. The molecule has 0 spiro atoms. The van der Waals surface area contributed by atoms with Crippen LogP contribution >= 0.6 is 0 Å². The van der Waals surface area contributed by atoms with Crippen LogP contribution in [0.4, 0.5) is 5.69 Å². The lowest BCUT2D eigenvalue weighted by molar-refractivity contribution is -0.123. The first kappa shape index (κ1) is 23.1. The van der Waals surface area contributed by atoms with Gasteiger partial charge >= 0.3 is 0 Å². The Morgan fingerprint density at radius 2 is 1.87 bits per heavy atom. The maximum absolute atomic E-state index is 13.2. The van der Waals surface area contributed by atoms with Gasteiger partial charge in [-0.3, -0.25) is 9.10 Å². The predicted molar refractivity (Wildman–Crippen MR) is 124 cm³/mol. The van der Waals surface area contributed by atoms with Crippen LogP contribution in [0.2, 0.25) is 0 Å². The number of fused-ring (bicyclic) bond motifs is 1. The summed E-state index contributed by atoms with van der Waals surface area (Å²) in [6, 6.07) is 12.0. The number of hydrogen-bond acceptors (Lipinski definition) is 4. The second kappa shape index (κ2) is 8.54. The van der Waals surface area contributed by atoms with E-state index >= 15 is 0 Å². The third kappa shape index (κ3) is 5.21. The van der Waals surface area contributed by atoms with Crippen molar-refractivity contribution in [3.63, 3.8) is 0 Å². The number of nitrogens with one attached hydrogen (secondary N) is 1. The number of nitrogens with zero attached hydrogens (tertiary/aromatic N) is 1. The van der Waals surface area contributed by atoms with E-state index in [1.807, 2.05) is 58.0 Å². The SMILES string of the molecule is CCc1ccc(N([C@@H](C)C(=O)N[C@H]2CC(C)(C)Oc3cc(C)ccc32)S(C)(=O)=O)cc1. The molecule has 1 aliphatic rings. The number of anilines is 1. The van der Waals surface area contributed by atoms with E-state index in [1.165, 1.54) is 4.31 Å². The molecule has 168 valence electrons. The second-order valence-corrected chi connectivity index (χ2v) is 10.8. The smallest absolute Gasteiger partial charge is 0.244 e. The van der Waals surface area contributed by atoms with Crippen LogP contribution in [-0.2, 0) is 21.2 Å². The van der Waals surface area contributed by atoms with Gasteiger partial charge < -0.3 is 10.1 Å². The molecule has 0 bridgehead atoms. The number of aryl methyl sites for hydroxylation is 2. The number of benzene rings is 2. The molecule has 0 aromatic heterocycles. The van der Waals surface area contributed by atoms with Crippen molar-refractivity contribution in [3.8, 4) is 5.75 Å². The topological polar surface area (TPSA) is 75.7 Å². The van der Waals surface area contributed by atoms with Crippen molar-refractivity contribution >= 4 is 21.6 Å². The maximum atomic E-state index is 13.2. The largest absolute Gasteiger partial charge is 0.487 e. The van der Waals surface area contributed by atoms with Crippen LogP contribution in [0.25, 0.3) is 0 Å².